The summed E-state index contributed by atoms with van der Waals surface area (Å²) in [6, 6.07) is 11.7. The predicted molar refractivity (Wildman–Crippen MR) is 71.5 cm³/mol. The van der Waals surface area contributed by atoms with Crippen molar-refractivity contribution < 1.29 is 0 Å². The SMILES string of the molecule is C(=NNc1nc2ccncc2[nH]1)c1ccccc1. The van der Waals surface area contributed by atoms with E-state index in [0.29, 0.717) is 5.95 Å². The van der Waals surface area contributed by atoms with Crippen LogP contribution in [0.2, 0.25) is 0 Å². The van der Waals surface area contributed by atoms with Gasteiger partial charge in [0.05, 0.1) is 23.4 Å². The molecule has 0 aliphatic carbocycles. The van der Waals surface area contributed by atoms with Crippen molar-refractivity contribution in [3.05, 3.63) is 54.4 Å². The highest BCUT2D eigenvalue weighted by molar-refractivity contribution is 5.80. The Morgan fingerprint density at radius 1 is 1.17 bits per heavy atom. The number of fused-ring (bicyclic) bond motifs is 1. The van der Waals surface area contributed by atoms with E-state index in [-0.39, 0.29) is 0 Å². The van der Waals surface area contributed by atoms with Crippen LogP contribution in [0.4, 0.5) is 5.95 Å². The molecule has 2 aromatic heterocycles. The van der Waals surface area contributed by atoms with E-state index in [2.05, 4.69) is 25.5 Å². The lowest BCUT2D eigenvalue weighted by atomic mass is 10.2. The lowest BCUT2D eigenvalue weighted by Gasteiger charge is -1.93. The molecule has 2 N–H and O–H groups in total. The van der Waals surface area contributed by atoms with E-state index < -0.39 is 0 Å². The summed E-state index contributed by atoms with van der Waals surface area (Å²) in [7, 11) is 0. The van der Waals surface area contributed by atoms with Crippen molar-refractivity contribution in [1.29, 1.82) is 0 Å². The Hall–Kier alpha value is -2.69. The molecule has 1 aromatic carbocycles. The number of anilines is 1. The lowest BCUT2D eigenvalue weighted by Crippen LogP contribution is -1.91. The molecule has 0 aliphatic rings. The Kier molecular flexibility index (Phi) is 2.71. The van der Waals surface area contributed by atoms with E-state index in [9.17, 15) is 0 Å². The molecule has 0 bridgehead atoms. The van der Waals surface area contributed by atoms with Crippen LogP contribution in [0, 0.1) is 0 Å². The van der Waals surface area contributed by atoms with Crippen LogP contribution in [-0.4, -0.2) is 21.2 Å². The highest BCUT2D eigenvalue weighted by atomic mass is 15.3. The highest BCUT2D eigenvalue weighted by Gasteiger charge is 1.99. The number of nitrogens with zero attached hydrogens (tertiary/aromatic N) is 3. The maximum absolute atomic E-state index is 4.32. The second-order valence-corrected chi connectivity index (χ2v) is 3.76. The van der Waals surface area contributed by atoms with E-state index in [0.717, 1.165) is 16.6 Å². The molecule has 0 aliphatic heterocycles. The zero-order valence-electron chi connectivity index (χ0n) is 9.54. The molecule has 88 valence electrons. The predicted octanol–water partition coefficient (Wildman–Crippen LogP) is 2.40. The standard InChI is InChI=1S/C13H11N5/c1-2-4-10(5-3-1)8-15-18-13-16-11-6-7-14-9-12(11)17-13/h1-9H,(H2,16,17,18). The molecule has 3 rings (SSSR count). The van der Waals surface area contributed by atoms with Gasteiger partial charge in [-0.05, 0) is 11.6 Å². The maximum atomic E-state index is 4.32. The summed E-state index contributed by atoms with van der Waals surface area (Å²) in [6.07, 6.45) is 5.18. The first-order valence-electron chi connectivity index (χ1n) is 5.56. The summed E-state index contributed by atoms with van der Waals surface area (Å²) in [4.78, 5) is 11.4. The molecule has 0 spiro atoms. The van der Waals surface area contributed by atoms with Crippen molar-refractivity contribution in [1.82, 2.24) is 15.0 Å². The van der Waals surface area contributed by atoms with Crippen LogP contribution in [0.25, 0.3) is 11.0 Å². The molecule has 0 unspecified atom stereocenters. The van der Waals surface area contributed by atoms with Crippen molar-refractivity contribution in [2.24, 2.45) is 5.10 Å². The summed E-state index contributed by atoms with van der Waals surface area (Å²) in [6.45, 7) is 0. The third-order valence-corrected chi connectivity index (χ3v) is 2.47. The van der Waals surface area contributed by atoms with E-state index in [1.807, 2.05) is 36.4 Å². The van der Waals surface area contributed by atoms with Crippen LogP contribution < -0.4 is 5.43 Å². The van der Waals surface area contributed by atoms with E-state index in [1.165, 1.54) is 0 Å². The molecular formula is C13H11N5. The molecule has 0 amide bonds. The Morgan fingerprint density at radius 3 is 2.89 bits per heavy atom. The minimum Gasteiger partial charge on any atom is -0.321 e. The first kappa shape index (κ1) is 10.5. The molecule has 18 heavy (non-hydrogen) atoms. The lowest BCUT2D eigenvalue weighted by molar-refractivity contribution is 1.21. The number of aromatic amines is 1. The Labute approximate surface area is 104 Å². The van der Waals surface area contributed by atoms with Gasteiger partial charge in [-0.25, -0.2) is 10.4 Å². The number of benzene rings is 1. The van der Waals surface area contributed by atoms with Gasteiger partial charge in [0.15, 0.2) is 0 Å². The summed E-state index contributed by atoms with van der Waals surface area (Å²) in [5.74, 6) is 0.602. The van der Waals surface area contributed by atoms with Crippen molar-refractivity contribution in [3.8, 4) is 0 Å². The Balaban J connectivity index is 1.75. The van der Waals surface area contributed by atoms with Crippen LogP contribution in [0.15, 0.2) is 53.9 Å². The fraction of sp³-hybridized carbons (Fsp3) is 0. The number of hydrogen-bond donors (Lipinski definition) is 2. The second-order valence-electron chi connectivity index (χ2n) is 3.76. The van der Waals surface area contributed by atoms with E-state index in [4.69, 9.17) is 0 Å². The van der Waals surface area contributed by atoms with Gasteiger partial charge in [-0.1, -0.05) is 30.3 Å². The molecule has 0 atom stereocenters. The van der Waals surface area contributed by atoms with Gasteiger partial charge in [0.2, 0.25) is 5.95 Å². The molecule has 0 fully saturated rings. The average Bonchev–Trinajstić information content (AvgIpc) is 2.82. The minimum atomic E-state index is 0.602. The monoisotopic (exact) mass is 237 g/mol. The van der Waals surface area contributed by atoms with Gasteiger partial charge in [-0.3, -0.25) is 4.98 Å². The summed E-state index contributed by atoms with van der Waals surface area (Å²) < 4.78 is 0. The third kappa shape index (κ3) is 2.20. The van der Waals surface area contributed by atoms with Crippen LogP contribution in [0.3, 0.4) is 0 Å². The first-order chi connectivity index (χ1) is 8.92. The number of hydrazone groups is 1. The molecule has 5 nitrogen and oxygen atoms in total. The fourth-order valence-electron chi connectivity index (χ4n) is 1.62. The molecule has 2 heterocycles. The Morgan fingerprint density at radius 2 is 2.06 bits per heavy atom. The zero-order valence-corrected chi connectivity index (χ0v) is 9.54. The van der Waals surface area contributed by atoms with Gasteiger partial charge in [0.25, 0.3) is 0 Å². The molecule has 0 saturated carbocycles. The van der Waals surface area contributed by atoms with Gasteiger partial charge < -0.3 is 4.98 Å². The van der Waals surface area contributed by atoms with E-state index in [1.54, 1.807) is 18.6 Å². The Bertz CT molecular complexity index is 639. The topological polar surface area (TPSA) is 66.0 Å². The molecule has 5 heteroatoms. The quantitative estimate of drug-likeness (QED) is 0.543. The van der Waals surface area contributed by atoms with Crippen molar-refractivity contribution in [3.63, 3.8) is 0 Å². The summed E-state index contributed by atoms with van der Waals surface area (Å²) in [5.41, 5.74) is 5.64. The second kappa shape index (κ2) is 4.67. The normalized spacial score (nSPS) is 11.1. The van der Waals surface area contributed by atoms with Crippen molar-refractivity contribution >= 4 is 23.2 Å². The minimum absolute atomic E-state index is 0.602. The number of rotatable bonds is 3. The van der Waals surface area contributed by atoms with Crippen molar-refractivity contribution in [2.75, 3.05) is 5.43 Å². The third-order valence-electron chi connectivity index (χ3n) is 2.47. The molecular weight excluding hydrogens is 226 g/mol. The van der Waals surface area contributed by atoms with Crippen LogP contribution in [0.5, 0.6) is 0 Å². The van der Waals surface area contributed by atoms with Gasteiger partial charge in [0.1, 0.15) is 0 Å². The largest absolute Gasteiger partial charge is 0.321 e. The van der Waals surface area contributed by atoms with Gasteiger partial charge in [-0.2, -0.15) is 5.10 Å². The van der Waals surface area contributed by atoms with Gasteiger partial charge >= 0.3 is 0 Å². The number of nitrogens with one attached hydrogen (secondary N) is 2. The first-order valence-corrected chi connectivity index (χ1v) is 5.56. The smallest absolute Gasteiger partial charge is 0.222 e. The molecule has 0 saturated heterocycles. The van der Waals surface area contributed by atoms with Crippen LogP contribution in [0.1, 0.15) is 5.56 Å². The molecule has 3 aromatic rings. The number of aromatic nitrogens is 3. The van der Waals surface area contributed by atoms with Crippen molar-refractivity contribution in [2.45, 2.75) is 0 Å². The number of hydrogen-bond acceptors (Lipinski definition) is 4. The van der Waals surface area contributed by atoms with Crippen LogP contribution >= 0.6 is 0 Å². The number of imidazole rings is 1. The van der Waals surface area contributed by atoms with E-state index >= 15 is 0 Å². The van der Waals surface area contributed by atoms with Gasteiger partial charge in [-0.15, -0.1) is 0 Å². The maximum Gasteiger partial charge on any atom is 0.222 e. The highest BCUT2D eigenvalue weighted by Crippen LogP contribution is 2.11. The average molecular weight is 237 g/mol. The summed E-state index contributed by atoms with van der Waals surface area (Å²) in [5, 5.41) is 4.12. The summed E-state index contributed by atoms with van der Waals surface area (Å²) >= 11 is 0. The van der Waals surface area contributed by atoms with Crippen LogP contribution in [-0.2, 0) is 0 Å². The van der Waals surface area contributed by atoms with Gasteiger partial charge in [0, 0.05) is 6.20 Å². The number of pyridine rings is 1. The fourth-order valence-corrected chi connectivity index (χ4v) is 1.62. The number of H-pyrrole nitrogens is 1. The molecule has 0 radical (unpaired) electrons. The zero-order chi connectivity index (χ0) is 12.2.